The van der Waals surface area contributed by atoms with Gasteiger partial charge in [0.1, 0.15) is 12.4 Å². The maximum absolute atomic E-state index is 12.6. The van der Waals surface area contributed by atoms with Crippen LogP contribution in [0.25, 0.3) is 0 Å². The number of nitrogens with one attached hydrogen (secondary N) is 1. The average molecular weight is 356 g/mol. The van der Waals surface area contributed by atoms with Gasteiger partial charge in [0.25, 0.3) is 11.6 Å². The second-order valence-electron chi connectivity index (χ2n) is 6.15. The summed E-state index contributed by atoms with van der Waals surface area (Å²) in [6.07, 6.45) is 2.01. The lowest BCUT2D eigenvalue weighted by Crippen LogP contribution is -2.19. The lowest BCUT2D eigenvalue weighted by molar-refractivity contribution is -0.385. The Bertz CT molecular complexity index is 815. The van der Waals surface area contributed by atoms with Gasteiger partial charge in [-0.2, -0.15) is 0 Å². The van der Waals surface area contributed by atoms with Crippen molar-refractivity contribution < 1.29 is 19.2 Å². The van der Waals surface area contributed by atoms with Crippen molar-refractivity contribution in [1.29, 1.82) is 0 Å². The summed E-state index contributed by atoms with van der Waals surface area (Å²) in [6, 6.07) is 11.5. The van der Waals surface area contributed by atoms with Crippen LogP contribution < -0.4 is 10.1 Å². The minimum Gasteiger partial charge on any atom is -0.490 e. The van der Waals surface area contributed by atoms with Crippen LogP contribution >= 0.6 is 0 Å². The van der Waals surface area contributed by atoms with E-state index in [1.807, 2.05) is 0 Å². The minimum absolute atomic E-state index is 0.0364. The first kappa shape index (κ1) is 17.9. The van der Waals surface area contributed by atoms with Crippen LogP contribution in [0.1, 0.15) is 28.8 Å². The molecule has 0 aliphatic carbocycles. The van der Waals surface area contributed by atoms with Crippen molar-refractivity contribution >= 4 is 17.3 Å². The van der Waals surface area contributed by atoms with Gasteiger partial charge in [-0.05, 0) is 38.0 Å². The summed E-state index contributed by atoms with van der Waals surface area (Å²) < 4.78 is 11.3. The molecule has 0 spiro atoms. The smallest absolute Gasteiger partial charge is 0.274 e. The standard InChI is InChI=1S/C19H20N2O5/c1-13-8-9-14(11-17(13)21(23)24)20-19(22)16-6-2-3-7-18(16)26-12-15-5-4-10-25-15/h2-3,6-9,11,15H,4-5,10,12H2,1H3,(H,20,22). The number of hydrogen-bond acceptors (Lipinski definition) is 5. The van der Waals surface area contributed by atoms with Crippen LogP contribution in [0.5, 0.6) is 5.75 Å². The van der Waals surface area contributed by atoms with Gasteiger partial charge in [0.2, 0.25) is 0 Å². The molecule has 1 N–H and O–H groups in total. The molecule has 1 fully saturated rings. The predicted molar refractivity (Wildman–Crippen MR) is 96.7 cm³/mol. The summed E-state index contributed by atoms with van der Waals surface area (Å²) in [4.78, 5) is 23.2. The Morgan fingerprint density at radius 3 is 2.88 bits per heavy atom. The topological polar surface area (TPSA) is 90.7 Å². The zero-order valence-corrected chi connectivity index (χ0v) is 14.4. The molecule has 0 saturated carbocycles. The third-order valence-electron chi connectivity index (χ3n) is 4.24. The van der Waals surface area contributed by atoms with Crippen molar-refractivity contribution in [3.63, 3.8) is 0 Å². The van der Waals surface area contributed by atoms with E-state index in [4.69, 9.17) is 9.47 Å². The number of nitro groups is 1. The van der Waals surface area contributed by atoms with Gasteiger partial charge in [-0.1, -0.05) is 18.2 Å². The van der Waals surface area contributed by atoms with Crippen molar-refractivity contribution in [3.8, 4) is 5.75 Å². The van der Waals surface area contributed by atoms with Gasteiger partial charge < -0.3 is 14.8 Å². The Hall–Kier alpha value is -2.93. The molecular formula is C19H20N2O5. The van der Waals surface area contributed by atoms with Gasteiger partial charge in [0.15, 0.2) is 0 Å². The second kappa shape index (κ2) is 7.97. The van der Waals surface area contributed by atoms with Crippen LogP contribution in [0.15, 0.2) is 42.5 Å². The first-order valence-corrected chi connectivity index (χ1v) is 8.44. The van der Waals surface area contributed by atoms with Gasteiger partial charge in [-0.15, -0.1) is 0 Å². The maximum Gasteiger partial charge on any atom is 0.274 e. The Kier molecular flexibility index (Phi) is 5.48. The molecule has 7 nitrogen and oxygen atoms in total. The van der Waals surface area contributed by atoms with Gasteiger partial charge >= 0.3 is 0 Å². The Balaban J connectivity index is 1.73. The summed E-state index contributed by atoms with van der Waals surface area (Å²) in [6.45, 7) is 2.78. The molecule has 1 aliphatic heterocycles. The lowest BCUT2D eigenvalue weighted by Gasteiger charge is -2.14. The van der Waals surface area contributed by atoms with E-state index in [1.165, 1.54) is 6.07 Å². The van der Waals surface area contributed by atoms with E-state index in [1.54, 1.807) is 43.3 Å². The number of nitrogens with zero attached hydrogens (tertiary/aromatic N) is 1. The number of benzene rings is 2. The zero-order valence-electron chi connectivity index (χ0n) is 14.4. The molecule has 0 bridgehead atoms. The zero-order chi connectivity index (χ0) is 18.5. The predicted octanol–water partition coefficient (Wildman–Crippen LogP) is 3.71. The molecule has 1 saturated heterocycles. The number of carbonyl (C=O) groups is 1. The molecule has 1 amide bonds. The van der Waals surface area contributed by atoms with E-state index in [9.17, 15) is 14.9 Å². The number of carbonyl (C=O) groups excluding carboxylic acids is 1. The minimum atomic E-state index is -0.469. The largest absolute Gasteiger partial charge is 0.490 e. The SMILES string of the molecule is Cc1ccc(NC(=O)c2ccccc2OCC2CCCO2)cc1[N+](=O)[O-]. The van der Waals surface area contributed by atoms with Gasteiger partial charge in [-0.25, -0.2) is 0 Å². The molecule has 3 rings (SSSR count). The average Bonchev–Trinajstić information content (AvgIpc) is 3.15. The molecule has 1 aliphatic rings. The first-order valence-electron chi connectivity index (χ1n) is 8.44. The van der Waals surface area contributed by atoms with Crippen LogP contribution in [0.3, 0.4) is 0 Å². The Morgan fingerprint density at radius 2 is 2.15 bits per heavy atom. The summed E-state index contributed by atoms with van der Waals surface area (Å²) in [5.41, 5.74) is 1.23. The summed E-state index contributed by atoms with van der Waals surface area (Å²) in [7, 11) is 0. The third kappa shape index (κ3) is 4.18. The molecule has 136 valence electrons. The van der Waals surface area contributed by atoms with Gasteiger partial charge in [0, 0.05) is 23.9 Å². The Labute approximate surface area is 151 Å². The highest BCUT2D eigenvalue weighted by atomic mass is 16.6. The fourth-order valence-corrected chi connectivity index (χ4v) is 2.82. The molecule has 7 heteroatoms. The number of rotatable bonds is 6. The highest BCUT2D eigenvalue weighted by molar-refractivity contribution is 6.06. The molecule has 0 aromatic heterocycles. The van der Waals surface area contributed by atoms with Crippen molar-refractivity contribution in [2.45, 2.75) is 25.9 Å². The summed E-state index contributed by atoms with van der Waals surface area (Å²) in [5, 5.41) is 13.8. The number of anilines is 1. The number of para-hydroxylation sites is 1. The van der Waals surface area contributed by atoms with Gasteiger partial charge in [0.05, 0.1) is 16.6 Å². The fraction of sp³-hybridized carbons (Fsp3) is 0.316. The van der Waals surface area contributed by atoms with E-state index in [-0.39, 0.29) is 17.7 Å². The number of hydrogen-bond donors (Lipinski definition) is 1. The lowest BCUT2D eigenvalue weighted by atomic mass is 10.1. The summed E-state index contributed by atoms with van der Waals surface area (Å²) in [5.74, 6) is 0.0770. The molecule has 26 heavy (non-hydrogen) atoms. The highest BCUT2D eigenvalue weighted by Crippen LogP contribution is 2.25. The maximum atomic E-state index is 12.6. The first-order chi connectivity index (χ1) is 12.5. The van der Waals surface area contributed by atoms with Crippen LogP contribution in [0, 0.1) is 17.0 Å². The summed E-state index contributed by atoms with van der Waals surface area (Å²) >= 11 is 0. The second-order valence-corrected chi connectivity index (χ2v) is 6.15. The monoisotopic (exact) mass is 356 g/mol. The number of nitro benzene ring substituents is 1. The van der Waals surface area contributed by atoms with E-state index in [2.05, 4.69) is 5.32 Å². The van der Waals surface area contributed by atoms with E-state index >= 15 is 0 Å². The van der Waals surface area contributed by atoms with Crippen LogP contribution in [-0.4, -0.2) is 30.1 Å². The molecule has 0 radical (unpaired) electrons. The fourth-order valence-electron chi connectivity index (χ4n) is 2.82. The Morgan fingerprint density at radius 1 is 1.35 bits per heavy atom. The van der Waals surface area contributed by atoms with E-state index in [0.29, 0.717) is 29.2 Å². The number of aryl methyl sites for hydroxylation is 1. The molecule has 1 heterocycles. The van der Waals surface area contributed by atoms with Crippen LogP contribution in [-0.2, 0) is 4.74 Å². The van der Waals surface area contributed by atoms with Crippen molar-refractivity contribution in [3.05, 3.63) is 63.7 Å². The van der Waals surface area contributed by atoms with Gasteiger partial charge in [-0.3, -0.25) is 14.9 Å². The van der Waals surface area contributed by atoms with Crippen LogP contribution in [0.2, 0.25) is 0 Å². The van der Waals surface area contributed by atoms with E-state index < -0.39 is 4.92 Å². The molecule has 1 atom stereocenters. The molecule has 2 aromatic carbocycles. The molecule has 1 unspecified atom stereocenters. The third-order valence-corrected chi connectivity index (χ3v) is 4.24. The van der Waals surface area contributed by atoms with E-state index in [0.717, 1.165) is 19.4 Å². The van der Waals surface area contributed by atoms with Crippen LogP contribution in [0.4, 0.5) is 11.4 Å². The van der Waals surface area contributed by atoms with Crippen molar-refractivity contribution in [1.82, 2.24) is 0 Å². The molecular weight excluding hydrogens is 336 g/mol. The van der Waals surface area contributed by atoms with Crippen molar-refractivity contribution in [2.24, 2.45) is 0 Å². The highest BCUT2D eigenvalue weighted by Gasteiger charge is 2.19. The quantitative estimate of drug-likeness (QED) is 0.629. The number of ether oxygens (including phenoxy) is 2. The molecule has 2 aromatic rings. The van der Waals surface area contributed by atoms with Crippen molar-refractivity contribution in [2.75, 3.05) is 18.5 Å². The number of amides is 1. The normalized spacial score (nSPS) is 16.3.